The number of ether oxygens (including phenoxy) is 1. The topological polar surface area (TPSA) is 80.6 Å². The number of amides is 1. The number of nitrogens with zero attached hydrogens (tertiary/aromatic N) is 1. The van der Waals surface area contributed by atoms with Gasteiger partial charge >= 0.3 is 12.1 Å². The monoisotopic (exact) mass is 558 g/mol. The van der Waals surface area contributed by atoms with Crippen LogP contribution in [-0.4, -0.2) is 41.3 Å². The lowest BCUT2D eigenvalue weighted by Crippen LogP contribution is -2.24. The molecular weight excluding hydrogens is 532 g/mol. The van der Waals surface area contributed by atoms with E-state index in [2.05, 4.69) is 5.32 Å². The van der Waals surface area contributed by atoms with Crippen LogP contribution in [0.3, 0.4) is 0 Å². The van der Waals surface area contributed by atoms with Gasteiger partial charge < -0.3 is 19.7 Å². The molecule has 2 aromatic carbocycles. The number of aliphatic carboxylic acids is 1. The van der Waals surface area contributed by atoms with Crippen LogP contribution in [0, 0.1) is 6.92 Å². The molecule has 0 bridgehead atoms. The van der Waals surface area contributed by atoms with E-state index in [1.165, 1.54) is 0 Å². The number of carbonyl (C=O) groups is 2. The van der Waals surface area contributed by atoms with Crippen molar-refractivity contribution >= 4 is 46.5 Å². The number of nitrogens with one attached hydrogen (secondary N) is 1. The van der Waals surface area contributed by atoms with Gasteiger partial charge in [-0.3, -0.25) is 4.79 Å². The molecule has 0 aliphatic carbocycles. The summed E-state index contributed by atoms with van der Waals surface area (Å²) in [5, 5.41) is 13.1. The molecule has 1 aromatic heterocycles. The summed E-state index contributed by atoms with van der Waals surface area (Å²) in [4.78, 5) is 21.4. The van der Waals surface area contributed by atoms with Crippen LogP contribution in [0.15, 0.2) is 30.3 Å². The van der Waals surface area contributed by atoms with Crippen molar-refractivity contribution < 1.29 is 32.6 Å². The van der Waals surface area contributed by atoms with Gasteiger partial charge in [-0.05, 0) is 67.1 Å². The molecule has 6 nitrogen and oxygen atoms in total. The van der Waals surface area contributed by atoms with Crippen molar-refractivity contribution in [3.05, 3.63) is 68.3 Å². The van der Waals surface area contributed by atoms with Gasteiger partial charge in [0.1, 0.15) is 6.61 Å². The Morgan fingerprint density at radius 3 is 2.59 bits per heavy atom. The van der Waals surface area contributed by atoms with Crippen LogP contribution in [0.25, 0.3) is 10.9 Å². The van der Waals surface area contributed by atoms with Crippen LogP contribution in [0.5, 0.6) is 0 Å². The van der Waals surface area contributed by atoms with Gasteiger partial charge in [-0.1, -0.05) is 29.3 Å². The summed E-state index contributed by atoms with van der Waals surface area (Å²) in [6.45, 7) is 1.53. The van der Waals surface area contributed by atoms with Crippen molar-refractivity contribution in [2.75, 3.05) is 13.2 Å². The molecule has 1 atom stereocenters. The van der Waals surface area contributed by atoms with Crippen LogP contribution >= 0.6 is 23.2 Å². The van der Waals surface area contributed by atoms with E-state index in [4.69, 9.17) is 33.0 Å². The van der Waals surface area contributed by atoms with Gasteiger partial charge in [0.2, 0.25) is 6.41 Å². The van der Waals surface area contributed by atoms with E-state index in [0.29, 0.717) is 65.3 Å². The minimum Gasteiger partial charge on any atom is -0.480 e. The number of alkyl halides is 3. The maximum atomic E-state index is 13.3. The normalized spacial score (nSPS) is 12.6. The summed E-state index contributed by atoms with van der Waals surface area (Å²) >= 11 is 13.2. The van der Waals surface area contributed by atoms with Gasteiger partial charge in [-0.15, -0.1) is 0 Å². The molecule has 0 spiro atoms. The van der Waals surface area contributed by atoms with E-state index in [-0.39, 0.29) is 0 Å². The second-order valence-corrected chi connectivity index (χ2v) is 9.61. The lowest BCUT2D eigenvalue weighted by Gasteiger charge is -2.18. The summed E-state index contributed by atoms with van der Waals surface area (Å²) in [5.74, 6) is -1.09. The van der Waals surface area contributed by atoms with Gasteiger partial charge in [0.05, 0.1) is 11.7 Å². The predicted molar refractivity (Wildman–Crippen MR) is 136 cm³/mol. The molecule has 3 rings (SSSR count). The number of hydrogen-bond donors (Lipinski definition) is 2. The fourth-order valence-corrected chi connectivity index (χ4v) is 4.90. The number of carboxylic acids is 1. The van der Waals surface area contributed by atoms with Crippen LogP contribution in [-0.2, 0) is 40.4 Å². The molecule has 0 fully saturated rings. The number of rotatable bonds is 12. The third kappa shape index (κ3) is 7.18. The number of fused-ring (bicyclic) bond motifs is 1. The fourth-order valence-electron chi connectivity index (χ4n) is 4.30. The van der Waals surface area contributed by atoms with Crippen molar-refractivity contribution in [2.24, 2.45) is 7.05 Å². The Labute approximate surface area is 222 Å². The van der Waals surface area contributed by atoms with E-state index < -0.39 is 30.4 Å². The molecule has 200 valence electrons. The molecule has 0 aliphatic heterocycles. The summed E-state index contributed by atoms with van der Waals surface area (Å²) in [5.41, 5.74) is 2.46. The number of carbonyl (C=O) groups excluding carboxylic acids is 1. The lowest BCUT2D eigenvalue weighted by atomic mass is 10.00. The Morgan fingerprint density at radius 1 is 1.22 bits per heavy atom. The standard InChI is InChI=1S/C26H27Cl2F3N2O4/c1-15-9-17(26(29,30)31)10-23-20(15)11-18(33(23)2)12-21-22(27)6-4-16(25(21)28)3-5-19(7-8-32-14-34)37-13-24(35)36/h4,6,9-11,14,19H,3,5,7-8,12-13H2,1-2H3,(H,32,34)(H,35,36). The van der Waals surface area contributed by atoms with E-state index in [1.807, 2.05) is 6.07 Å². The third-order valence-corrected chi connectivity index (χ3v) is 7.12. The quantitative estimate of drug-likeness (QED) is 0.213. The second-order valence-electron chi connectivity index (χ2n) is 8.82. The van der Waals surface area contributed by atoms with E-state index in [9.17, 15) is 22.8 Å². The highest BCUT2D eigenvalue weighted by Crippen LogP contribution is 2.36. The molecule has 1 amide bonds. The van der Waals surface area contributed by atoms with Crippen molar-refractivity contribution in [1.82, 2.24) is 9.88 Å². The van der Waals surface area contributed by atoms with E-state index in [0.717, 1.165) is 28.8 Å². The molecular formula is C26H27Cl2F3N2O4. The number of carboxylic acid groups (broad SMARTS) is 1. The minimum atomic E-state index is -4.44. The molecule has 2 N–H and O–H groups in total. The predicted octanol–water partition coefficient (Wildman–Crippen LogP) is 5.94. The Hall–Kier alpha value is -2.75. The number of aryl methyl sites for hydroxylation is 3. The molecule has 11 heteroatoms. The second kappa shape index (κ2) is 12.2. The molecule has 0 saturated carbocycles. The van der Waals surface area contributed by atoms with Gasteiger partial charge in [0, 0.05) is 46.7 Å². The Kier molecular flexibility index (Phi) is 9.50. The zero-order chi connectivity index (χ0) is 27.3. The summed E-state index contributed by atoms with van der Waals surface area (Å²) < 4.78 is 47.2. The van der Waals surface area contributed by atoms with Crippen molar-refractivity contribution in [2.45, 2.75) is 44.9 Å². The largest absolute Gasteiger partial charge is 0.480 e. The molecule has 37 heavy (non-hydrogen) atoms. The molecule has 1 unspecified atom stereocenters. The van der Waals surface area contributed by atoms with E-state index >= 15 is 0 Å². The van der Waals surface area contributed by atoms with E-state index in [1.54, 1.807) is 30.7 Å². The first-order valence-corrected chi connectivity index (χ1v) is 12.3. The Bertz CT molecular complexity index is 1290. The molecule has 0 saturated heterocycles. The first-order valence-electron chi connectivity index (χ1n) is 11.5. The highest BCUT2D eigenvalue weighted by molar-refractivity contribution is 6.36. The Balaban J connectivity index is 1.85. The van der Waals surface area contributed by atoms with Crippen molar-refractivity contribution in [3.63, 3.8) is 0 Å². The average Bonchev–Trinajstić information content (AvgIpc) is 3.14. The summed E-state index contributed by atoms with van der Waals surface area (Å²) in [7, 11) is 1.71. The third-order valence-electron chi connectivity index (χ3n) is 6.29. The first-order chi connectivity index (χ1) is 17.4. The van der Waals surface area contributed by atoms with Gasteiger partial charge in [-0.25, -0.2) is 4.79 Å². The zero-order valence-electron chi connectivity index (χ0n) is 20.3. The molecule has 0 radical (unpaired) electrons. The summed E-state index contributed by atoms with van der Waals surface area (Å²) in [6, 6.07) is 7.63. The molecule has 1 heterocycles. The van der Waals surface area contributed by atoms with Crippen LogP contribution in [0.4, 0.5) is 13.2 Å². The number of benzene rings is 2. The first kappa shape index (κ1) is 28.8. The van der Waals surface area contributed by atoms with Gasteiger partial charge in [0.15, 0.2) is 0 Å². The SMILES string of the molecule is Cc1cc(C(F)(F)F)cc2c1cc(Cc1c(Cl)ccc(CCC(CCNC=O)OCC(=O)O)c1Cl)n2C. The highest BCUT2D eigenvalue weighted by atomic mass is 35.5. The van der Waals surface area contributed by atoms with Gasteiger partial charge in [0.25, 0.3) is 0 Å². The number of halogens is 5. The minimum absolute atomic E-state index is 0.305. The Morgan fingerprint density at radius 2 is 1.95 bits per heavy atom. The molecule has 3 aromatic rings. The van der Waals surface area contributed by atoms with Gasteiger partial charge in [-0.2, -0.15) is 13.2 Å². The summed E-state index contributed by atoms with van der Waals surface area (Å²) in [6.07, 6.45) is -2.63. The smallest absolute Gasteiger partial charge is 0.416 e. The van der Waals surface area contributed by atoms with Crippen LogP contribution in [0.1, 0.15) is 40.8 Å². The maximum absolute atomic E-state index is 13.3. The lowest BCUT2D eigenvalue weighted by molar-refractivity contribution is -0.144. The fraction of sp³-hybridized carbons (Fsp3) is 0.385. The van der Waals surface area contributed by atoms with Crippen LogP contribution in [0.2, 0.25) is 10.0 Å². The number of hydrogen-bond acceptors (Lipinski definition) is 3. The van der Waals surface area contributed by atoms with Crippen LogP contribution < -0.4 is 5.32 Å². The maximum Gasteiger partial charge on any atom is 0.416 e. The highest BCUT2D eigenvalue weighted by Gasteiger charge is 2.31. The number of aromatic nitrogens is 1. The van der Waals surface area contributed by atoms with Crippen molar-refractivity contribution in [1.29, 1.82) is 0 Å². The van der Waals surface area contributed by atoms with Crippen molar-refractivity contribution in [3.8, 4) is 0 Å². The zero-order valence-corrected chi connectivity index (χ0v) is 21.8. The average molecular weight is 559 g/mol. The molecule has 0 aliphatic rings.